The van der Waals surface area contributed by atoms with Crippen molar-refractivity contribution in [1.29, 1.82) is 0 Å². The number of aromatic nitrogens is 2. The van der Waals surface area contributed by atoms with Crippen LogP contribution in [0.4, 0.5) is 0 Å². The van der Waals surface area contributed by atoms with E-state index in [0.29, 0.717) is 4.57 Å². The highest BCUT2D eigenvalue weighted by Gasteiger charge is 2.22. The van der Waals surface area contributed by atoms with Gasteiger partial charge in [0.25, 0.3) is 0 Å². The zero-order valence-electron chi connectivity index (χ0n) is 59.5. The molecule has 266 valence electrons. The Labute approximate surface area is 372 Å². The van der Waals surface area contributed by atoms with Gasteiger partial charge in [-0.15, -0.1) is 0 Å². The van der Waals surface area contributed by atoms with Gasteiger partial charge in [-0.05, 0) is 94.3 Å². The molecule has 0 N–H and O–H groups in total. The van der Waals surface area contributed by atoms with E-state index in [2.05, 4.69) is 0 Å². The molecule has 0 fully saturated rings. The van der Waals surface area contributed by atoms with Crippen LogP contribution in [-0.2, 0) is 0 Å². The fraction of sp³-hybridized carbons (Fsp3) is 0. The van der Waals surface area contributed by atoms with Crippen LogP contribution in [0.2, 0.25) is 0 Å². The molecule has 0 atom stereocenters. The summed E-state index contributed by atoms with van der Waals surface area (Å²) < 4.78 is 291. The first-order chi connectivity index (χ1) is 41.2. The fourth-order valence-electron chi connectivity index (χ4n) is 7.06. The van der Waals surface area contributed by atoms with Crippen molar-refractivity contribution in [3.63, 3.8) is 0 Å². The average molecular weight is 758 g/mol. The average Bonchev–Trinajstić information content (AvgIpc) is 1.87. The molecule has 57 heavy (non-hydrogen) atoms. The zero-order chi connectivity index (χ0) is 64.4. The molecule has 12 rings (SSSR count). The maximum atomic E-state index is 10.2. The Kier molecular flexibility index (Phi) is 3.02. The van der Waals surface area contributed by atoms with Gasteiger partial charge in [0.15, 0.2) is 0 Å². The first kappa shape index (κ1) is 13.8. The number of fused-ring (bicyclic) bond motifs is 9. The van der Waals surface area contributed by atoms with Gasteiger partial charge in [-0.25, -0.2) is 0 Å². The number of furan rings is 1. The van der Waals surface area contributed by atoms with E-state index in [1.165, 1.54) is 18.2 Å². The van der Waals surface area contributed by atoms with Crippen molar-refractivity contribution in [2.45, 2.75) is 0 Å². The molecule has 3 aromatic heterocycles. The van der Waals surface area contributed by atoms with Crippen molar-refractivity contribution in [2.75, 3.05) is 0 Å². The lowest BCUT2D eigenvalue weighted by Gasteiger charge is -2.16. The van der Waals surface area contributed by atoms with Gasteiger partial charge in [0.2, 0.25) is 0 Å². The van der Waals surface area contributed by atoms with E-state index in [-0.39, 0.29) is 22.4 Å². The molecule has 0 amide bonds. The molecule has 9 aromatic carbocycles. The lowest BCUT2D eigenvalue weighted by atomic mass is 9.99. The summed E-state index contributed by atoms with van der Waals surface area (Å²) in [7, 11) is 0. The van der Waals surface area contributed by atoms with E-state index >= 15 is 0 Å². The standard InChI is InChI=1S/C54H34N2O/c1-3-14-35(15-4-1)37-18-13-19-40(32-37)55-47-23-10-7-20-42(47)45-33-38(26-29-49(45)55)39-27-30-50-46(34-39)43-21-8-11-24-48(43)56(50)54-41(36-16-5-2-6-17-36)28-31-52-53(54)44-22-9-12-25-51(44)57-52/h1-34H/i1D,2D,3D,4D,5D,6D,7D,8D,10D,11D,13D,14D,15D,16D,17D,18D,19D,20D,21D,23D,24D,25D,26D,27D,28D,29D,30D,31D,32D,33D,34D. The second-order valence-corrected chi connectivity index (χ2v) is 12.5. The third-order valence-electron chi connectivity index (χ3n) is 9.42. The first-order valence-corrected chi connectivity index (χ1v) is 17.0. The molecule has 0 bridgehead atoms. The predicted molar refractivity (Wildman–Crippen MR) is 239 cm³/mol. The molecule has 3 heteroatoms. The van der Waals surface area contributed by atoms with Crippen molar-refractivity contribution in [3.8, 4) is 44.8 Å². The molecule has 3 heterocycles. The molecule has 0 saturated heterocycles. The van der Waals surface area contributed by atoms with E-state index in [0.717, 1.165) is 4.57 Å². The van der Waals surface area contributed by atoms with Crippen LogP contribution in [0.25, 0.3) is 110 Å². The molecule has 0 spiro atoms. The van der Waals surface area contributed by atoms with Crippen LogP contribution in [0.15, 0.2) is 210 Å². The smallest absolute Gasteiger partial charge is 0.137 e. The Morgan fingerprint density at radius 3 is 1.67 bits per heavy atom. The second kappa shape index (κ2) is 12.5. The third kappa shape index (κ3) is 4.86. The highest BCUT2D eigenvalue weighted by atomic mass is 16.3. The number of rotatable bonds is 5. The minimum Gasteiger partial charge on any atom is -0.456 e. The van der Waals surface area contributed by atoms with Crippen molar-refractivity contribution in [1.82, 2.24) is 9.13 Å². The van der Waals surface area contributed by atoms with Gasteiger partial charge in [-0.3, -0.25) is 0 Å². The zero-order valence-corrected chi connectivity index (χ0v) is 28.5. The van der Waals surface area contributed by atoms with Gasteiger partial charge in [-0.2, -0.15) is 0 Å². The Bertz CT molecular complexity index is 5290. The van der Waals surface area contributed by atoms with E-state index in [1.807, 2.05) is 0 Å². The summed E-state index contributed by atoms with van der Waals surface area (Å²) in [6.45, 7) is 0. The normalized spacial score (nSPS) is 19.5. The van der Waals surface area contributed by atoms with Crippen LogP contribution in [0.5, 0.6) is 0 Å². The molecule has 0 aliphatic rings. The van der Waals surface area contributed by atoms with Crippen LogP contribution in [-0.4, -0.2) is 9.13 Å². The number of hydrogen-bond donors (Lipinski definition) is 0. The SMILES string of the molecule is [2H]c1c([2H])c([2H])c(-c2c([2H])c([2H])c([2H])c(-n3c4c([2H])c([2H])c([2H])c([2H])c4c4c([2H])c(-c5c([2H])c([2H])c6c(c5[2H])c5c([2H])c([2H])c([2H])c([2H])c5n6-c5c(-c6c([2H])c([2H])c([2H])c([2H])c6[2H])c([2H])c([2H])c6oc7c([2H])cccc7c56)c([2H])c([2H])c43)c2[2H])c([2H])c1[2H]. The molecule has 0 unspecified atom stereocenters. The maximum Gasteiger partial charge on any atom is 0.137 e. The molecular formula is C54H34N2O. The van der Waals surface area contributed by atoms with Crippen LogP contribution in [0, 0.1) is 0 Å². The Hall–Kier alpha value is -7.62. The van der Waals surface area contributed by atoms with Gasteiger partial charge in [0.05, 0.1) is 75.6 Å². The maximum absolute atomic E-state index is 10.2. The van der Waals surface area contributed by atoms with E-state index in [1.54, 1.807) is 0 Å². The van der Waals surface area contributed by atoms with Gasteiger partial charge in [0.1, 0.15) is 11.2 Å². The van der Waals surface area contributed by atoms with Gasteiger partial charge >= 0.3 is 0 Å². The van der Waals surface area contributed by atoms with Gasteiger partial charge in [0, 0.05) is 38.2 Å². The minimum atomic E-state index is -1.11. The highest BCUT2D eigenvalue weighted by molar-refractivity contribution is 6.17. The van der Waals surface area contributed by atoms with Crippen LogP contribution in [0.1, 0.15) is 42.5 Å². The second-order valence-electron chi connectivity index (χ2n) is 12.5. The molecule has 0 saturated carbocycles. The number of nitrogens with zero attached hydrogens (tertiary/aromatic N) is 2. The van der Waals surface area contributed by atoms with Crippen molar-refractivity contribution >= 4 is 65.6 Å². The molecular weight excluding hydrogens is 693 g/mol. The number of hydrogen-bond acceptors (Lipinski definition) is 1. The number of para-hydroxylation sites is 3. The molecule has 12 aromatic rings. The van der Waals surface area contributed by atoms with Crippen molar-refractivity contribution in [3.05, 3.63) is 206 Å². The quantitative estimate of drug-likeness (QED) is 0.171. The monoisotopic (exact) mass is 757 g/mol. The molecule has 0 aliphatic carbocycles. The Morgan fingerprint density at radius 2 is 0.947 bits per heavy atom. The van der Waals surface area contributed by atoms with E-state index in [9.17, 15) is 19.2 Å². The lowest BCUT2D eigenvalue weighted by molar-refractivity contribution is 0.669. The molecule has 3 nitrogen and oxygen atoms in total. The van der Waals surface area contributed by atoms with Crippen molar-refractivity contribution in [2.24, 2.45) is 0 Å². The number of benzene rings is 9. The lowest BCUT2D eigenvalue weighted by Crippen LogP contribution is -1.98. The van der Waals surface area contributed by atoms with E-state index < -0.39 is 275 Å². The molecule has 0 aliphatic heterocycles. The highest BCUT2D eigenvalue weighted by Crippen LogP contribution is 2.44. The summed E-state index contributed by atoms with van der Waals surface area (Å²) in [4.78, 5) is 0. The van der Waals surface area contributed by atoms with Crippen LogP contribution in [0.3, 0.4) is 0 Å². The summed E-state index contributed by atoms with van der Waals surface area (Å²) in [6.07, 6.45) is 0. The summed E-state index contributed by atoms with van der Waals surface area (Å²) in [5.74, 6) is 0. The molecule has 0 radical (unpaired) electrons. The Morgan fingerprint density at radius 1 is 0.368 bits per heavy atom. The van der Waals surface area contributed by atoms with Crippen LogP contribution >= 0.6 is 0 Å². The topological polar surface area (TPSA) is 23.0 Å². The van der Waals surface area contributed by atoms with E-state index in [4.69, 9.17) is 27.7 Å². The first-order valence-electron chi connectivity index (χ1n) is 32.5. The third-order valence-corrected chi connectivity index (χ3v) is 9.42. The fourth-order valence-corrected chi connectivity index (χ4v) is 7.06. The minimum absolute atomic E-state index is 0.0307. The predicted octanol–water partition coefficient (Wildman–Crippen LogP) is 14.8. The summed E-state index contributed by atoms with van der Waals surface area (Å²) >= 11 is 0. The van der Waals surface area contributed by atoms with Gasteiger partial charge < -0.3 is 13.6 Å². The largest absolute Gasteiger partial charge is 0.456 e. The van der Waals surface area contributed by atoms with Crippen LogP contribution < -0.4 is 0 Å². The van der Waals surface area contributed by atoms with Crippen molar-refractivity contribution < 1.29 is 46.9 Å². The van der Waals surface area contributed by atoms with Gasteiger partial charge in [-0.1, -0.05) is 139 Å². The summed E-state index contributed by atoms with van der Waals surface area (Å²) in [6, 6.07) is -24.9. The summed E-state index contributed by atoms with van der Waals surface area (Å²) in [5, 5.41) is -2.91. The Balaban J connectivity index is 1.29. The summed E-state index contributed by atoms with van der Waals surface area (Å²) in [5.41, 5.74) is -9.66.